The third-order valence-electron chi connectivity index (χ3n) is 3.43. The SMILES string of the molecule is Cc1ccc(C(=O)NCCC2CCNC2)cc1F. The van der Waals surface area contributed by atoms with Gasteiger partial charge in [0.15, 0.2) is 0 Å². The number of nitrogens with one attached hydrogen (secondary N) is 2. The van der Waals surface area contributed by atoms with E-state index in [4.69, 9.17) is 0 Å². The number of rotatable bonds is 4. The van der Waals surface area contributed by atoms with Crippen molar-refractivity contribution in [3.8, 4) is 0 Å². The van der Waals surface area contributed by atoms with Crippen molar-refractivity contribution in [1.29, 1.82) is 0 Å². The van der Waals surface area contributed by atoms with Crippen LogP contribution in [0.3, 0.4) is 0 Å². The molecule has 1 aromatic rings. The van der Waals surface area contributed by atoms with Crippen LogP contribution < -0.4 is 10.6 Å². The summed E-state index contributed by atoms with van der Waals surface area (Å²) in [5.74, 6) is 0.127. The molecule has 1 amide bonds. The van der Waals surface area contributed by atoms with Gasteiger partial charge in [-0.15, -0.1) is 0 Å². The normalized spacial score (nSPS) is 18.9. The van der Waals surface area contributed by atoms with Crippen LogP contribution in [0.5, 0.6) is 0 Å². The highest BCUT2D eigenvalue weighted by atomic mass is 19.1. The number of carbonyl (C=O) groups is 1. The van der Waals surface area contributed by atoms with Crippen LogP contribution in [-0.2, 0) is 0 Å². The molecule has 0 aliphatic carbocycles. The fraction of sp³-hybridized carbons (Fsp3) is 0.500. The molecule has 1 aliphatic heterocycles. The van der Waals surface area contributed by atoms with E-state index >= 15 is 0 Å². The second-order valence-electron chi connectivity index (χ2n) is 4.87. The largest absolute Gasteiger partial charge is 0.352 e. The van der Waals surface area contributed by atoms with Crippen molar-refractivity contribution in [3.05, 3.63) is 35.1 Å². The molecule has 1 saturated heterocycles. The molecule has 1 atom stereocenters. The molecule has 98 valence electrons. The van der Waals surface area contributed by atoms with Crippen molar-refractivity contribution in [2.45, 2.75) is 19.8 Å². The van der Waals surface area contributed by atoms with Crippen molar-refractivity contribution in [2.24, 2.45) is 5.92 Å². The second kappa shape index (κ2) is 5.96. The Kier molecular flexibility index (Phi) is 4.31. The first-order chi connectivity index (χ1) is 8.66. The van der Waals surface area contributed by atoms with Gasteiger partial charge >= 0.3 is 0 Å². The van der Waals surface area contributed by atoms with E-state index < -0.39 is 0 Å². The lowest BCUT2D eigenvalue weighted by Crippen LogP contribution is -2.26. The monoisotopic (exact) mass is 250 g/mol. The quantitative estimate of drug-likeness (QED) is 0.856. The van der Waals surface area contributed by atoms with E-state index in [9.17, 15) is 9.18 Å². The van der Waals surface area contributed by atoms with Gasteiger partial charge in [-0.3, -0.25) is 4.79 Å². The maximum atomic E-state index is 13.3. The first-order valence-electron chi connectivity index (χ1n) is 6.42. The summed E-state index contributed by atoms with van der Waals surface area (Å²) in [4.78, 5) is 11.8. The van der Waals surface area contributed by atoms with Gasteiger partial charge in [-0.05, 0) is 56.5 Å². The summed E-state index contributed by atoms with van der Waals surface area (Å²) in [6.45, 7) is 4.45. The molecule has 4 heteroatoms. The summed E-state index contributed by atoms with van der Waals surface area (Å²) in [7, 11) is 0. The lowest BCUT2D eigenvalue weighted by Gasteiger charge is -2.09. The van der Waals surface area contributed by atoms with E-state index in [0.717, 1.165) is 19.5 Å². The van der Waals surface area contributed by atoms with Crippen LogP contribution in [0.1, 0.15) is 28.8 Å². The molecule has 0 spiro atoms. The standard InChI is InChI=1S/C14H19FN2O/c1-10-2-3-12(8-13(10)15)14(18)17-7-5-11-4-6-16-9-11/h2-3,8,11,16H,4-7,9H2,1H3,(H,17,18). The van der Waals surface area contributed by atoms with Gasteiger partial charge in [0, 0.05) is 12.1 Å². The predicted molar refractivity (Wildman–Crippen MR) is 69.1 cm³/mol. The average molecular weight is 250 g/mol. The lowest BCUT2D eigenvalue weighted by molar-refractivity contribution is 0.0951. The van der Waals surface area contributed by atoms with Gasteiger partial charge in [0.25, 0.3) is 5.91 Å². The molecule has 0 aromatic heterocycles. The van der Waals surface area contributed by atoms with Gasteiger partial charge in [-0.1, -0.05) is 6.07 Å². The van der Waals surface area contributed by atoms with Crippen LogP contribution in [0.25, 0.3) is 0 Å². The summed E-state index contributed by atoms with van der Waals surface area (Å²) < 4.78 is 13.3. The van der Waals surface area contributed by atoms with Crippen LogP contribution in [0.2, 0.25) is 0 Å². The van der Waals surface area contributed by atoms with Gasteiger partial charge < -0.3 is 10.6 Å². The molecule has 1 unspecified atom stereocenters. The molecule has 18 heavy (non-hydrogen) atoms. The fourth-order valence-corrected chi connectivity index (χ4v) is 2.19. The van der Waals surface area contributed by atoms with E-state index in [1.54, 1.807) is 19.1 Å². The summed E-state index contributed by atoms with van der Waals surface area (Å²) in [6, 6.07) is 4.58. The zero-order valence-electron chi connectivity index (χ0n) is 10.6. The molecule has 0 radical (unpaired) electrons. The van der Waals surface area contributed by atoms with Crippen LogP contribution in [-0.4, -0.2) is 25.5 Å². The number of hydrogen-bond donors (Lipinski definition) is 2. The molecule has 1 aliphatic rings. The Balaban J connectivity index is 1.81. The van der Waals surface area contributed by atoms with Crippen LogP contribution in [0.15, 0.2) is 18.2 Å². The summed E-state index contributed by atoms with van der Waals surface area (Å²) in [5.41, 5.74) is 0.950. The summed E-state index contributed by atoms with van der Waals surface area (Å²) in [6.07, 6.45) is 2.15. The third-order valence-corrected chi connectivity index (χ3v) is 3.43. The maximum absolute atomic E-state index is 13.3. The Hall–Kier alpha value is -1.42. The van der Waals surface area contributed by atoms with E-state index in [1.807, 2.05) is 0 Å². The highest BCUT2D eigenvalue weighted by molar-refractivity contribution is 5.94. The number of halogens is 1. The fourth-order valence-electron chi connectivity index (χ4n) is 2.19. The molecule has 3 nitrogen and oxygen atoms in total. The number of hydrogen-bond acceptors (Lipinski definition) is 2. The first-order valence-corrected chi connectivity index (χ1v) is 6.42. The van der Waals surface area contributed by atoms with Crippen molar-refractivity contribution >= 4 is 5.91 Å². The highest BCUT2D eigenvalue weighted by Gasteiger charge is 2.14. The van der Waals surface area contributed by atoms with E-state index in [-0.39, 0.29) is 11.7 Å². The van der Waals surface area contributed by atoms with Crippen LogP contribution in [0, 0.1) is 18.7 Å². The average Bonchev–Trinajstić information content (AvgIpc) is 2.85. The first kappa shape index (κ1) is 13.0. The number of benzene rings is 1. The zero-order valence-corrected chi connectivity index (χ0v) is 10.6. The third kappa shape index (κ3) is 3.29. The minimum Gasteiger partial charge on any atom is -0.352 e. The minimum atomic E-state index is -0.331. The molecule has 1 fully saturated rings. The molecular formula is C14H19FN2O. The molecular weight excluding hydrogens is 231 g/mol. The summed E-state index contributed by atoms with van der Waals surface area (Å²) in [5, 5.41) is 6.13. The Labute approximate surface area is 107 Å². The predicted octanol–water partition coefficient (Wildman–Crippen LogP) is 1.86. The van der Waals surface area contributed by atoms with E-state index in [2.05, 4.69) is 10.6 Å². The molecule has 2 N–H and O–H groups in total. The smallest absolute Gasteiger partial charge is 0.251 e. The molecule has 1 aromatic carbocycles. The number of amides is 1. The van der Waals surface area contributed by atoms with Crippen LogP contribution in [0.4, 0.5) is 4.39 Å². The number of aryl methyl sites for hydroxylation is 1. The van der Waals surface area contributed by atoms with Crippen molar-refractivity contribution in [2.75, 3.05) is 19.6 Å². The van der Waals surface area contributed by atoms with E-state index in [1.165, 1.54) is 12.5 Å². The lowest BCUT2D eigenvalue weighted by atomic mass is 10.1. The molecule has 0 saturated carbocycles. The second-order valence-corrected chi connectivity index (χ2v) is 4.87. The molecule has 1 heterocycles. The van der Waals surface area contributed by atoms with Gasteiger partial charge in [0.1, 0.15) is 5.82 Å². The van der Waals surface area contributed by atoms with Crippen molar-refractivity contribution in [1.82, 2.24) is 10.6 Å². The van der Waals surface area contributed by atoms with Gasteiger partial charge in [-0.25, -0.2) is 4.39 Å². The van der Waals surface area contributed by atoms with Gasteiger partial charge in [0.05, 0.1) is 0 Å². The van der Waals surface area contributed by atoms with Crippen molar-refractivity contribution < 1.29 is 9.18 Å². The minimum absolute atomic E-state index is 0.195. The van der Waals surface area contributed by atoms with Crippen molar-refractivity contribution in [3.63, 3.8) is 0 Å². The highest BCUT2D eigenvalue weighted by Crippen LogP contribution is 2.12. The Morgan fingerprint density at radius 3 is 3.06 bits per heavy atom. The topological polar surface area (TPSA) is 41.1 Å². The Bertz CT molecular complexity index is 428. The number of carbonyl (C=O) groups excluding carboxylic acids is 1. The Morgan fingerprint density at radius 2 is 2.39 bits per heavy atom. The van der Waals surface area contributed by atoms with Crippen LogP contribution >= 0.6 is 0 Å². The Morgan fingerprint density at radius 1 is 1.56 bits per heavy atom. The van der Waals surface area contributed by atoms with E-state index in [0.29, 0.717) is 23.6 Å². The maximum Gasteiger partial charge on any atom is 0.251 e. The summed E-state index contributed by atoms with van der Waals surface area (Å²) >= 11 is 0. The molecule has 2 rings (SSSR count). The molecule has 0 bridgehead atoms. The zero-order chi connectivity index (χ0) is 13.0. The van der Waals surface area contributed by atoms with Gasteiger partial charge in [-0.2, -0.15) is 0 Å². The van der Waals surface area contributed by atoms with Gasteiger partial charge in [0.2, 0.25) is 0 Å².